The van der Waals surface area contributed by atoms with Gasteiger partial charge in [-0.15, -0.1) is 0 Å². The molecular weight excluding hydrogens is 819 g/mol. The fraction of sp³-hybridized carbons (Fsp3) is 0.704. The summed E-state index contributed by atoms with van der Waals surface area (Å²) in [4.78, 5) is 86.4. The number of hydrogen-bond acceptors (Lipinski definition) is 18. The Bertz CT molecular complexity index is 1770. The summed E-state index contributed by atoms with van der Waals surface area (Å²) in [7, 11) is -16.4. The molecule has 28 heteroatoms. The van der Waals surface area contributed by atoms with Crippen LogP contribution in [0.4, 0.5) is 5.82 Å². The number of ether oxygens (including phenoxy) is 1. The first-order valence-electron chi connectivity index (χ1n) is 16.5. The molecule has 0 aliphatic carbocycles. The summed E-state index contributed by atoms with van der Waals surface area (Å²) in [6.07, 6.45) is -4.36. The predicted molar refractivity (Wildman–Crippen MR) is 191 cm³/mol. The van der Waals surface area contributed by atoms with Gasteiger partial charge in [-0.3, -0.25) is 27.7 Å². The summed E-state index contributed by atoms with van der Waals surface area (Å²) < 4.78 is 62.1. The molecule has 10 N–H and O–H groups in total. The number of imidazole rings is 1. The second-order valence-corrected chi connectivity index (χ2v) is 18.2. The number of aliphatic hydroxyl groups is 2. The van der Waals surface area contributed by atoms with Crippen molar-refractivity contribution in [2.24, 2.45) is 11.3 Å². The van der Waals surface area contributed by atoms with E-state index in [4.69, 9.17) is 19.5 Å². The molecule has 24 nitrogen and oxygen atoms in total. The highest BCUT2D eigenvalue weighted by Crippen LogP contribution is 2.61. The number of carbonyl (C=O) groups is 3. The molecule has 0 spiro atoms. The number of phosphoric ester groups is 3. The molecule has 1 aliphatic heterocycles. The van der Waals surface area contributed by atoms with Crippen molar-refractivity contribution >= 4 is 70.3 Å². The Morgan fingerprint density at radius 3 is 2.44 bits per heavy atom. The smallest absolute Gasteiger partial charge is 0.386 e. The van der Waals surface area contributed by atoms with Crippen LogP contribution in [0.2, 0.25) is 0 Å². The zero-order valence-electron chi connectivity index (χ0n) is 29.9. The van der Waals surface area contributed by atoms with Gasteiger partial charge in [0.15, 0.2) is 17.7 Å². The monoisotopic (exact) mass is 865 g/mol. The van der Waals surface area contributed by atoms with Crippen LogP contribution in [0.15, 0.2) is 12.7 Å². The Hall–Kier alpha value is -2.44. The summed E-state index contributed by atoms with van der Waals surface area (Å²) in [5.41, 5.74) is 4.29. The maximum atomic E-state index is 12.7. The van der Waals surface area contributed by atoms with Crippen molar-refractivity contribution in [2.75, 3.05) is 43.5 Å². The summed E-state index contributed by atoms with van der Waals surface area (Å²) in [5, 5.41) is 26.5. The number of aliphatic hydroxyl groups excluding tert-OH is 2. The standard InChI is InChI=1S/C27H46N7O17P3S/c1-4-16(11-35)6-9-55-10-8-29-18(36)5-7-30-25(39)22(38)27(2,3)13-48-54(45,46)51-53(43,44)47-12-17-21(50-52(40,41)42)20(37)26(49-17)34-15-33-19-23(28)31-14-32-24(19)34/h11,14-17,20-22,26,37-38H,4-10,12-13H2,1-3H3,(H,29,36)(H,30,39)(H,43,44)(H,45,46)(H2,28,31,32)(H2,40,41,42)/t16?,17-,20-,21-,22?,26-/m1/s1. The molecule has 4 unspecified atom stereocenters. The number of nitrogens with two attached hydrogens (primary N) is 1. The molecule has 1 fully saturated rings. The topological polar surface area (TPSA) is 364 Å². The van der Waals surface area contributed by atoms with Gasteiger partial charge in [-0.2, -0.15) is 16.1 Å². The number of nitrogens with zero attached hydrogens (tertiary/aromatic N) is 4. The first kappa shape index (κ1) is 46.9. The Morgan fingerprint density at radius 1 is 1.09 bits per heavy atom. The van der Waals surface area contributed by atoms with E-state index in [1.165, 1.54) is 13.8 Å². The first-order chi connectivity index (χ1) is 25.6. The van der Waals surface area contributed by atoms with Gasteiger partial charge in [0.2, 0.25) is 11.8 Å². The fourth-order valence-corrected chi connectivity index (χ4v) is 8.66. The molecule has 2 aromatic rings. The third-order valence-electron chi connectivity index (χ3n) is 8.00. The maximum Gasteiger partial charge on any atom is 0.481 e. The van der Waals surface area contributed by atoms with E-state index in [1.807, 2.05) is 6.92 Å². The summed E-state index contributed by atoms with van der Waals surface area (Å²) in [5.74, 6) is 0.0596. The minimum Gasteiger partial charge on any atom is -0.386 e. The Labute approximate surface area is 318 Å². The van der Waals surface area contributed by atoms with E-state index in [9.17, 15) is 57.9 Å². The van der Waals surface area contributed by atoms with Crippen molar-refractivity contribution in [3.63, 3.8) is 0 Å². The third kappa shape index (κ3) is 14.5. The normalized spacial score (nSPS) is 22.4. The number of nitrogen functional groups attached to an aromatic ring is 1. The summed E-state index contributed by atoms with van der Waals surface area (Å²) >= 11 is 1.59. The van der Waals surface area contributed by atoms with Crippen LogP contribution in [0.5, 0.6) is 0 Å². The van der Waals surface area contributed by atoms with Gasteiger partial charge in [0.05, 0.1) is 19.5 Å². The zero-order valence-corrected chi connectivity index (χ0v) is 33.3. The van der Waals surface area contributed by atoms with E-state index in [0.717, 1.165) is 42.1 Å². The lowest BCUT2D eigenvalue weighted by Gasteiger charge is -2.30. The molecule has 3 heterocycles. The quantitative estimate of drug-likeness (QED) is 0.0373. The van der Waals surface area contributed by atoms with Crippen LogP contribution in [0.3, 0.4) is 0 Å². The van der Waals surface area contributed by atoms with Gasteiger partial charge in [0, 0.05) is 36.6 Å². The van der Waals surface area contributed by atoms with Crippen LogP contribution in [0, 0.1) is 11.3 Å². The van der Waals surface area contributed by atoms with Gasteiger partial charge in [-0.25, -0.2) is 28.6 Å². The maximum absolute atomic E-state index is 12.7. The van der Waals surface area contributed by atoms with E-state index >= 15 is 0 Å². The van der Waals surface area contributed by atoms with Gasteiger partial charge >= 0.3 is 23.5 Å². The van der Waals surface area contributed by atoms with Crippen LogP contribution in [0.25, 0.3) is 11.2 Å². The zero-order chi connectivity index (χ0) is 41.2. The number of anilines is 1. The lowest BCUT2D eigenvalue weighted by Crippen LogP contribution is -2.46. The highest BCUT2D eigenvalue weighted by molar-refractivity contribution is 7.99. The van der Waals surface area contributed by atoms with Crippen molar-refractivity contribution < 1.29 is 80.5 Å². The van der Waals surface area contributed by atoms with Crippen molar-refractivity contribution in [2.45, 2.75) is 70.7 Å². The summed E-state index contributed by atoms with van der Waals surface area (Å²) in [6.45, 7) is 2.68. The minimum atomic E-state index is -5.56. The van der Waals surface area contributed by atoms with Crippen LogP contribution in [-0.4, -0.2) is 130 Å². The number of aromatic nitrogens is 4. The number of nitrogens with one attached hydrogen (secondary N) is 2. The van der Waals surface area contributed by atoms with Gasteiger partial charge in [-0.1, -0.05) is 20.8 Å². The fourth-order valence-electron chi connectivity index (χ4n) is 4.91. The summed E-state index contributed by atoms with van der Waals surface area (Å²) in [6, 6.07) is 0. The van der Waals surface area contributed by atoms with Crippen LogP contribution in [0.1, 0.15) is 46.3 Å². The first-order valence-corrected chi connectivity index (χ1v) is 22.2. The number of phosphoric acid groups is 3. The highest BCUT2D eigenvalue weighted by atomic mass is 32.2. The molecule has 0 aromatic carbocycles. The molecule has 1 aliphatic rings. The van der Waals surface area contributed by atoms with Crippen molar-refractivity contribution in [3.8, 4) is 0 Å². The average Bonchev–Trinajstić information content (AvgIpc) is 3.66. The van der Waals surface area contributed by atoms with E-state index in [1.54, 1.807) is 11.8 Å². The molecule has 0 radical (unpaired) electrons. The largest absolute Gasteiger partial charge is 0.481 e. The van der Waals surface area contributed by atoms with Crippen LogP contribution < -0.4 is 16.4 Å². The number of carbonyl (C=O) groups excluding carboxylic acids is 3. The number of rotatable bonds is 24. The SMILES string of the molecule is CCC(C=O)CCSCCNC(=O)CCNC(=O)C(O)C(C)(C)COP(=O)(O)OP(=O)(O)OC[C@H]1O[C@@H](n2cnc3c(N)ncnc32)[C@H](O)[C@@H]1OP(=O)(O)O. The molecular formula is C27H46N7O17P3S. The molecule has 0 bridgehead atoms. The predicted octanol–water partition coefficient (Wildman–Crippen LogP) is -0.247. The van der Waals surface area contributed by atoms with Crippen molar-refractivity contribution in [1.29, 1.82) is 0 Å². The van der Waals surface area contributed by atoms with Crippen molar-refractivity contribution in [3.05, 3.63) is 12.7 Å². The number of amides is 2. The number of thioether (sulfide) groups is 1. The highest BCUT2D eigenvalue weighted by Gasteiger charge is 2.50. The van der Waals surface area contributed by atoms with Gasteiger partial charge in [-0.05, 0) is 18.6 Å². The second-order valence-electron chi connectivity index (χ2n) is 12.8. The Balaban J connectivity index is 1.48. The van der Waals surface area contributed by atoms with E-state index < -0.39 is 78.6 Å². The number of aldehydes is 1. The van der Waals surface area contributed by atoms with Gasteiger partial charge in [0.25, 0.3) is 0 Å². The molecule has 1 saturated heterocycles. The second kappa shape index (κ2) is 20.3. The third-order valence-corrected chi connectivity index (χ3v) is 12.1. The Morgan fingerprint density at radius 2 is 1.78 bits per heavy atom. The average molecular weight is 866 g/mol. The molecule has 2 aromatic heterocycles. The minimum absolute atomic E-state index is 0.0143. The molecule has 55 heavy (non-hydrogen) atoms. The molecule has 8 atom stereocenters. The molecule has 312 valence electrons. The van der Waals surface area contributed by atoms with Gasteiger partial charge < -0.3 is 55.7 Å². The van der Waals surface area contributed by atoms with E-state index in [2.05, 4.69) is 34.4 Å². The number of hydrogen-bond donors (Lipinski definition) is 9. The van der Waals surface area contributed by atoms with Crippen LogP contribution in [-0.2, 0) is 50.7 Å². The molecule has 3 rings (SSSR count). The molecule has 0 saturated carbocycles. The lowest BCUT2D eigenvalue weighted by atomic mass is 9.87. The number of fused-ring (bicyclic) bond motifs is 1. The Kier molecular flexibility index (Phi) is 17.3. The van der Waals surface area contributed by atoms with Crippen LogP contribution >= 0.6 is 35.2 Å². The van der Waals surface area contributed by atoms with E-state index in [-0.39, 0.29) is 41.8 Å². The van der Waals surface area contributed by atoms with Gasteiger partial charge in [0.1, 0.15) is 42.5 Å². The van der Waals surface area contributed by atoms with E-state index in [0.29, 0.717) is 12.3 Å². The lowest BCUT2D eigenvalue weighted by molar-refractivity contribution is -0.137. The van der Waals surface area contributed by atoms with Crippen molar-refractivity contribution in [1.82, 2.24) is 30.2 Å². The molecule has 2 amide bonds.